The zero-order chi connectivity index (χ0) is 14.0. The van der Waals surface area contributed by atoms with E-state index in [1.807, 2.05) is 0 Å². The highest BCUT2D eigenvalue weighted by atomic mass is 16.5. The van der Waals surface area contributed by atoms with E-state index in [-0.39, 0.29) is 0 Å². The minimum atomic E-state index is 0.291. The summed E-state index contributed by atoms with van der Waals surface area (Å²) >= 11 is 0. The zero-order valence-corrected chi connectivity index (χ0v) is 12.9. The maximum Gasteiger partial charge on any atom is 0.118 e. The van der Waals surface area contributed by atoms with Crippen LogP contribution >= 0.6 is 0 Å². The quantitative estimate of drug-likeness (QED) is 0.859. The summed E-state index contributed by atoms with van der Waals surface area (Å²) in [4.78, 5) is 0. The van der Waals surface area contributed by atoms with Crippen LogP contribution in [0, 0.1) is 11.3 Å². The number of nitrogens with one attached hydrogen (secondary N) is 1. The van der Waals surface area contributed by atoms with Gasteiger partial charge in [0.25, 0.3) is 0 Å². The second-order valence-electron chi connectivity index (χ2n) is 6.84. The van der Waals surface area contributed by atoms with Crippen molar-refractivity contribution in [3.63, 3.8) is 0 Å². The highest BCUT2D eigenvalue weighted by Gasteiger charge is 2.34. The number of ether oxygens (including phenoxy) is 1. The molecule has 0 aliphatic heterocycles. The molecule has 0 heterocycles. The lowest BCUT2D eigenvalue weighted by Gasteiger charge is -2.33. The zero-order valence-electron chi connectivity index (χ0n) is 12.9. The molecule has 0 aromatic heterocycles. The lowest BCUT2D eigenvalue weighted by molar-refractivity contribution is 0.254. The monoisotopic (exact) mass is 261 g/mol. The van der Waals surface area contributed by atoms with Gasteiger partial charge in [-0.15, -0.1) is 0 Å². The molecule has 0 bridgehead atoms. The molecule has 0 radical (unpaired) electrons. The maximum atomic E-state index is 5.24. The van der Waals surface area contributed by atoms with Gasteiger partial charge in [0.1, 0.15) is 5.75 Å². The number of hydrogen-bond donors (Lipinski definition) is 1. The molecule has 19 heavy (non-hydrogen) atoms. The molecule has 0 spiro atoms. The Morgan fingerprint density at radius 1 is 1.16 bits per heavy atom. The average molecular weight is 261 g/mol. The molecule has 1 aliphatic carbocycles. The molecule has 2 nitrogen and oxygen atoms in total. The van der Waals surface area contributed by atoms with Gasteiger partial charge in [-0.2, -0.15) is 0 Å². The van der Waals surface area contributed by atoms with Crippen LogP contribution in [0.3, 0.4) is 0 Å². The summed E-state index contributed by atoms with van der Waals surface area (Å²) in [5, 5.41) is 3.83. The van der Waals surface area contributed by atoms with Crippen LogP contribution in [0.4, 0.5) is 0 Å². The van der Waals surface area contributed by atoms with E-state index in [9.17, 15) is 0 Å². The molecule has 1 aliphatic rings. The SMILES string of the molecule is COc1ccc(C(NC(C)C(C)(C)C)C2CC2)cc1. The van der Waals surface area contributed by atoms with Gasteiger partial charge >= 0.3 is 0 Å². The average Bonchev–Trinajstić information content (AvgIpc) is 3.19. The van der Waals surface area contributed by atoms with E-state index in [4.69, 9.17) is 4.74 Å². The molecule has 1 fully saturated rings. The van der Waals surface area contributed by atoms with Gasteiger partial charge in [0.15, 0.2) is 0 Å². The van der Waals surface area contributed by atoms with E-state index >= 15 is 0 Å². The third-order valence-electron chi connectivity index (χ3n) is 4.30. The van der Waals surface area contributed by atoms with E-state index in [1.165, 1.54) is 18.4 Å². The minimum absolute atomic E-state index is 0.291. The van der Waals surface area contributed by atoms with Gasteiger partial charge in [0.2, 0.25) is 0 Å². The van der Waals surface area contributed by atoms with Gasteiger partial charge in [-0.3, -0.25) is 0 Å². The smallest absolute Gasteiger partial charge is 0.118 e. The van der Waals surface area contributed by atoms with Crippen LogP contribution in [0.1, 0.15) is 52.1 Å². The van der Waals surface area contributed by atoms with Gasteiger partial charge < -0.3 is 10.1 Å². The summed E-state index contributed by atoms with van der Waals surface area (Å²) in [5.74, 6) is 1.74. The van der Waals surface area contributed by atoms with E-state index in [0.717, 1.165) is 11.7 Å². The predicted octanol–water partition coefficient (Wildman–Crippen LogP) is 4.17. The van der Waals surface area contributed by atoms with Gasteiger partial charge in [-0.05, 0) is 48.8 Å². The second-order valence-corrected chi connectivity index (χ2v) is 6.84. The first-order valence-corrected chi connectivity index (χ1v) is 7.32. The van der Waals surface area contributed by atoms with Crippen molar-refractivity contribution in [3.05, 3.63) is 29.8 Å². The third kappa shape index (κ3) is 3.73. The van der Waals surface area contributed by atoms with Crippen molar-refractivity contribution in [3.8, 4) is 5.75 Å². The first-order valence-electron chi connectivity index (χ1n) is 7.32. The molecule has 1 N–H and O–H groups in total. The van der Waals surface area contributed by atoms with E-state index in [0.29, 0.717) is 17.5 Å². The van der Waals surface area contributed by atoms with Gasteiger partial charge in [-0.1, -0.05) is 32.9 Å². The first kappa shape index (κ1) is 14.4. The van der Waals surface area contributed by atoms with Crippen LogP contribution in [0.2, 0.25) is 0 Å². The van der Waals surface area contributed by atoms with Crippen molar-refractivity contribution < 1.29 is 4.74 Å². The fourth-order valence-corrected chi connectivity index (χ4v) is 2.26. The van der Waals surface area contributed by atoms with E-state index in [1.54, 1.807) is 7.11 Å². The van der Waals surface area contributed by atoms with Crippen molar-refractivity contribution in [2.45, 2.75) is 52.6 Å². The van der Waals surface area contributed by atoms with Gasteiger partial charge in [0.05, 0.1) is 7.11 Å². The standard InChI is InChI=1S/C17H27NO/c1-12(17(2,3)4)18-16(13-6-7-13)14-8-10-15(19-5)11-9-14/h8-13,16,18H,6-7H2,1-5H3. The number of hydrogen-bond acceptors (Lipinski definition) is 2. The van der Waals surface area contributed by atoms with Crippen LogP contribution < -0.4 is 10.1 Å². The highest BCUT2D eigenvalue weighted by molar-refractivity contribution is 5.30. The first-order chi connectivity index (χ1) is 8.91. The molecule has 106 valence electrons. The Morgan fingerprint density at radius 3 is 2.16 bits per heavy atom. The molecular formula is C17H27NO. The Labute approximate surface area is 117 Å². The van der Waals surface area contributed by atoms with Crippen LogP contribution in [-0.4, -0.2) is 13.2 Å². The molecule has 2 atom stereocenters. The fraction of sp³-hybridized carbons (Fsp3) is 0.647. The largest absolute Gasteiger partial charge is 0.497 e. The van der Waals surface area contributed by atoms with Crippen molar-refractivity contribution in [2.75, 3.05) is 7.11 Å². The molecule has 2 heteroatoms. The second kappa shape index (κ2) is 5.54. The van der Waals surface area contributed by atoms with Gasteiger partial charge in [0, 0.05) is 12.1 Å². The van der Waals surface area contributed by atoms with Crippen LogP contribution in [0.15, 0.2) is 24.3 Å². The fourth-order valence-electron chi connectivity index (χ4n) is 2.26. The van der Waals surface area contributed by atoms with Crippen molar-refractivity contribution in [2.24, 2.45) is 11.3 Å². The summed E-state index contributed by atoms with van der Waals surface area (Å²) in [6, 6.07) is 9.51. The number of benzene rings is 1. The molecule has 1 saturated carbocycles. The van der Waals surface area contributed by atoms with Crippen molar-refractivity contribution in [1.82, 2.24) is 5.32 Å². The summed E-state index contributed by atoms with van der Waals surface area (Å²) in [6.07, 6.45) is 2.70. The van der Waals surface area contributed by atoms with Crippen LogP contribution in [-0.2, 0) is 0 Å². The predicted molar refractivity (Wildman–Crippen MR) is 80.5 cm³/mol. The third-order valence-corrected chi connectivity index (χ3v) is 4.30. The lowest BCUT2D eigenvalue weighted by Crippen LogP contribution is -2.40. The molecule has 2 rings (SSSR count). The Morgan fingerprint density at radius 2 is 1.74 bits per heavy atom. The summed E-state index contributed by atoms with van der Waals surface area (Å²) in [6.45, 7) is 9.17. The Bertz CT molecular complexity index is 400. The van der Waals surface area contributed by atoms with Crippen LogP contribution in [0.25, 0.3) is 0 Å². The van der Waals surface area contributed by atoms with E-state index in [2.05, 4.69) is 57.3 Å². The number of methoxy groups -OCH3 is 1. The van der Waals surface area contributed by atoms with Crippen molar-refractivity contribution >= 4 is 0 Å². The molecule has 1 aromatic rings. The number of rotatable bonds is 5. The Hall–Kier alpha value is -1.02. The lowest BCUT2D eigenvalue weighted by atomic mass is 9.86. The normalized spacial score (nSPS) is 19.0. The topological polar surface area (TPSA) is 21.3 Å². The summed E-state index contributed by atoms with van der Waals surface area (Å²) in [5.41, 5.74) is 1.68. The van der Waals surface area contributed by atoms with Gasteiger partial charge in [-0.25, -0.2) is 0 Å². The molecular weight excluding hydrogens is 234 g/mol. The Kier molecular flexibility index (Phi) is 4.19. The summed E-state index contributed by atoms with van der Waals surface area (Å²) < 4.78 is 5.24. The molecule has 1 aromatic carbocycles. The summed E-state index contributed by atoms with van der Waals surface area (Å²) in [7, 11) is 1.72. The Balaban J connectivity index is 2.11. The highest BCUT2D eigenvalue weighted by Crippen LogP contribution is 2.42. The molecule has 0 amide bonds. The van der Waals surface area contributed by atoms with Crippen molar-refractivity contribution in [1.29, 1.82) is 0 Å². The van der Waals surface area contributed by atoms with E-state index < -0.39 is 0 Å². The molecule has 0 saturated heterocycles. The maximum absolute atomic E-state index is 5.24. The minimum Gasteiger partial charge on any atom is -0.497 e. The molecule has 2 unspecified atom stereocenters. The van der Waals surface area contributed by atoms with Crippen LogP contribution in [0.5, 0.6) is 5.75 Å².